The lowest BCUT2D eigenvalue weighted by atomic mass is 9.82. The van der Waals surface area contributed by atoms with E-state index in [0.29, 0.717) is 42.3 Å². The zero-order valence-corrected chi connectivity index (χ0v) is 15.2. The number of benzene rings is 1. The molecule has 1 aromatic rings. The van der Waals surface area contributed by atoms with Gasteiger partial charge >= 0.3 is 6.03 Å². The monoisotopic (exact) mass is 391 g/mol. The Kier molecular flexibility index (Phi) is 4.30. The Morgan fingerprint density at radius 2 is 2.00 bits per heavy atom. The van der Waals surface area contributed by atoms with Crippen LogP contribution in [0, 0.1) is 0 Å². The van der Waals surface area contributed by atoms with Crippen molar-refractivity contribution in [2.45, 2.75) is 37.3 Å². The molecule has 3 heterocycles. The van der Waals surface area contributed by atoms with Crippen molar-refractivity contribution < 1.29 is 23.9 Å². The molecule has 2 N–H and O–H groups in total. The summed E-state index contributed by atoms with van der Waals surface area (Å²) in [6, 6.07) is 3.60. The number of hydrogen-bond acceptors (Lipinski definition) is 5. The Hall–Kier alpha value is -2.61. The van der Waals surface area contributed by atoms with Gasteiger partial charge < -0.3 is 15.0 Å². The molecular formula is C18H18ClN3O5. The van der Waals surface area contributed by atoms with Crippen molar-refractivity contribution in [3.63, 3.8) is 0 Å². The number of nitrogens with one attached hydrogen (secondary N) is 2. The number of piperidine rings is 1. The van der Waals surface area contributed by atoms with Gasteiger partial charge in [-0.15, -0.1) is 0 Å². The van der Waals surface area contributed by atoms with E-state index in [1.807, 2.05) is 0 Å². The number of halogens is 1. The number of nitrogens with zero attached hydrogens (tertiary/aromatic N) is 1. The van der Waals surface area contributed by atoms with Gasteiger partial charge in [-0.05, 0) is 18.2 Å². The van der Waals surface area contributed by atoms with Crippen LogP contribution >= 0.6 is 11.6 Å². The normalized spacial score (nSPS) is 23.5. The molecular weight excluding hydrogens is 374 g/mol. The molecule has 3 aliphatic rings. The fraction of sp³-hybridized carbons (Fsp3) is 0.444. The second-order valence-electron chi connectivity index (χ2n) is 7.13. The van der Waals surface area contributed by atoms with E-state index < -0.39 is 23.6 Å². The van der Waals surface area contributed by atoms with Gasteiger partial charge in [0.1, 0.15) is 17.4 Å². The van der Waals surface area contributed by atoms with Gasteiger partial charge in [-0.25, -0.2) is 4.79 Å². The summed E-state index contributed by atoms with van der Waals surface area (Å²) in [7, 11) is 0. The minimum absolute atomic E-state index is 0.0103. The summed E-state index contributed by atoms with van der Waals surface area (Å²) in [4.78, 5) is 49.4. The van der Waals surface area contributed by atoms with Crippen molar-refractivity contribution in [3.8, 4) is 5.75 Å². The molecule has 4 amide bonds. The Balaban J connectivity index is 1.39. The summed E-state index contributed by atoms with van der Waals surface area (Å²) in [5, 5.41) is 5.03. The van der Waals surface area contributed by atoms with Gasteiger partial charge in [-0.3, -0.25) is 19.7 Å². The quantitative estimate of drug-likeness (QED) is 0.738. The maximum absolute atomic E-state index is 12.5. The molecule has 2 saturated heterocycles. The van der Waals surface area contributed by atoms with Gasteiger partial charge in [0.2, 0.25) is 5.91 Å². The SMILES string of the molecule is O=C1NC(=O)C(CC(=O)N2CCC3(CC2)CC(=O)c2cc(Cl)ccc2O3)N1. The first-order valence-electron chi connectivity index (χ1n) is 8.76. The second-order valence-corrected chi connectivity index (χ2v) is 7.56. The number of fused-ring (bicyclic) bond motifs is 1. The lowest BCUT2D eigenvalue weighted by Crippen LogP contribution is -2.53. The van der Waals surface area contributed by atoms with Gasteiger partial charge in [0, 0.05) is 31.0 Å². The highest BCUT2D eigenvalue weighted by Gasteiger charge is 2.44. The maximum Gasteiger partial charge on any atom is 0.322 e. The number of ether oxygens (including phenoxy) is 1. The third-order valence-corrected chi connectivity index (χ3v) is 5.55. The van der Waals surface area contributed by atoms with E-state index in [0.717, 1.165) is 0 Å². The number of carbonyl (C=O) groups excluding carboxylic acids is 4. The van der Waals surface area contributed by atoms with Crippen LogP contribution in [0.2, 0.25) is 5.02 Å². The average molecular weight is 392 g/mol. The highest BCUT2D eigenvalue weighted by Crippen LogP contribution is 2.40. The van der Waals surface area contributed by atoms with Gasteiger partial charge in [0.05, 0.1) is 18.4 Å². The zero-order chi connectivity index (χ0) is 19.2. The van der Waals surface area contributed by atoms with Crippen molar-refractivity contribution in [1.29, 1.82) is 0 Å². The summed E-state index contributed by atoms with van der Waals surface area (Å²) >= 11 is 5.96. The number of hydrogen-bond donors (Lipinski definition) is 2. The highest BCUT2D eigenvalue weighted by molar-refractivity contribution is 6.31. The van der Waals surface area contributed by atoms with Crippen molar-refractivity contribution in [1.82, 2.24) is 15.5 Å². The van der Waals surface area contributed by atoms with E-state index in [1.165, 1.54) is 0 Å². The van der Waals surface area contributed by atoms with Crippen LogP contribution in [0.4, 0.5) is 4.79 Å². The Morgan fingerprint density at radius 1 is 1.26 bits per heavy atom. The van der Waals surface area contributed by atoms with E-state index in [2.05, 4.69) is 10.6 Å². The highest BCUT2D eigenvalue weighted by atomic mass is 35.5. The fourth-order valence-electron chi connectivity index (χ4n) is 3.82. The molecule has 1 unspecified atom stereocenters. The first kappa shape index (κ1) is 17.8. The molecule has 0 radical (unpaired) electrons. The van der Waals surface area contributed by atoms with Crippen LogP contribution in [0.5, 0.6) is 5.75 Å². The third-order valence-electron chi connectivity index (χ3n) is 5.32. The molecule has 1 aromatic carbocycles. The van der Waals surface area contributed by atoms with Gasteiger partial charge in [-0.1, -0.05) is 11.6 Å². The minimum Gasteiger partial charge on any atom is -0.486 e. The molecule has 3 aliphatic heterocycles. The maximum atomic E-state index is 12.5. The van der Waals surface area contributed by atoms with Crippen molar-refractivity contribution in [2.75, 3.05) is 13.1 Å². The molecule has 1 atom stereocenters. The topological polar surface area (TPSA) is 105 Å². The van der Waals surface area contributed by atoms with E-state index >= 15 is 0 Å². The molecule has 8 nitrogen and oxygen atoms in total. The number of carbonyl (C=O) groups is 4. The molecule has 2 fully saturated rings. The molecule has 0 aromatic heterocycles. The van der Waals surface area contributed by atoms with Crippen LogP contribution in [0.1, 0.15) is 36.0 Å². The summed E-state index contributed by atoms with van der Waals surface area (Å²) in [6.07, 6.45) is 1.22. The summed E-state index contributed by atoms with van der Waals surface area (Å²) in [5.41, 5.74) is -0.122. The molecule has 0 bridgehead atoms. The smallest absolute Gasteiger partial charge is 0.322 e. The Morgan fingerprint density at radius 3 is 2.67 bits per heavy atom. The molecule has 27 heavy (non-hydrogen) atoms. The Bertz CT molecular complexity index is 847. The van der Waals surface area contributed by atoms with Gasteiger partial charge in [0.25, 0.3) is 5.91 Å². The van der Waals surface area contributed by atoms with Crippen molar-refractivity contribution in [2.24, 2.45) is 0 Å². The summed E-state index contributed by atoms with van der Waals surface area (Å²) in [6.45, 7) is 0.856. The van der Waals surface area contributed by atoms with E-state index in [9.17, 15) is 19.2 Å². The van der Waals surface area contributed by atoms with Crippen molar-refractivity contribution >= 4 is 35.2 Å². The average Bonchev–Trinajstić information content (AvgIpc) is 2.93. The molecule has 0 aliphatic carbocycles. The molecule has 0 saturated carbocycles. The predicted octanol–water partition coefficient (Wildman–Crippen LogP) is 1.26. The zero-order valence-electron chi connectivity index (χ0n) is 14.4. The number of amides is 4. The van der Waals surface area contributed by atoms with Crippen LogP contribution in [-0.4, -0.2) is 53.3 Å². The van der Waals surface area contributed by atoms with Gasteiger partial charge in [0.15, 0.2) is 5.78 Å². The number of ketones is 1. The van der Waals surface area contributed by atoms with Crippen molar-refractivity contribution in [3.05, 3.63) is 28.8 Å². The second kappa shape index (κ2) is 6.53. The summed E-state index contributed by atoms with van der Waals surface area (Å²) < 4.78 is 6.14. The standard InChI is InChI=1S/C18H18ClN3O5/c19-10-1-2-14-11(7-10)13(23)9-18(27-14)3-5-22(6-4-18)15(24)8-12-16(25)21-17(26)20-12/h1-2,7,12H,3-6,8-9H2,(H2,20,21,25,26). The lowest BCUT2D eigenvalue weighted by Gasteiger charge is -2.44. The third kappa shape index (κ3) is 3.37. The Labute approximate surface area is 160 Å². The number of imide groups is 1. The molecule has 142 valence electrons. The van der Waals surface area contributed by atoms with Crippen LogP contribution in [-0.2, 0) is 9.59 Å². The van der Waals surface area contributed by atoms with E-state index in [-0.39, 0.29) is 24.5 Å². The number of likely N-dealkylation sites (tertiary alicyclic amines) is 1. The molecule has 9 heteroatoms. The predicted molar refractivity (Wildman–Crippen MR) is 94.7 cm³/mol. The molecule has 4 rings (SSSR count). The number of urea groups is 1. The summed E-state index contributed by atoms with van der Waals surface area (Å²) in [5.74, 6) is -0.176. The minimum atomic E-state index is -0.829. The number of rotatable bonds is 2. The molecule has 1 spiro atoms. The first-order valence-corrected chi connectivity index (χ1v) is 9.14. The van der Waals surface area contributed by atoms with Crippen LogP contribution in [0.15, 0.2) is 18.2 Å². The van der Waals surface area contributed by atoms with Crippen LogP contribution in [0.25, 0.3) is 0 Å². The van der Waals surface area contributed by atoms with Gasteiger partial charge in [-0.2, -0.15) is 0 Å². The lowest BCUT2D eigenvalue weighted by molar-refractivity contribution is -0.137. The first-order chi connectivity index (χ1) is 12.8. The fourth-order valence-corrected chi connectivity index (χ4v) is 3.99. The van der Waals surface area contributed by atoms with Crippen LogP contribution in [0.3, 0.4) is 0 Å². The van der Waals surface area contributed by atoms with E-state index in [4.69, 9.17) is 16.3 Å². The largest absolute Gasteiger partial charge is 0.486 e. The number of Topliss-reactive ketones (excluding diaryl/α,β-unsaturated/α-hetero) is 1. The van der Waals surface area contributed by atoms with E-state index in [1.54, 1.807) is 23.1 Å². The van der Waals surface area contributed by atoms with Crippen LogP contribution < -0.4 is 15.4 Å².